The zero-order chi connectivity index (χ0) is 17.8. The van der Waals surface area contributed by atoms with Crippen molar-refractivity contribution in [3.05, 3.63) is 53.6 Å². The van der Waals surface area contributed by atoms with E-state index in [2.05, 4.69) is 9.97 Å². The molecule has 1 N–H and O–H groups in total. The highest BCUT2D eigenvalue weighted by Crippen LogP contribution is 2.22. The van der Waals surface area contributed by atoms with Gasteiger partial charge in [-0.1, -0.05) is 6.07 Å². The van der Waals surface area contributed by atoms with E-state index in [1.165, 1.54) is 0 Å². The van der Waals surface area contributed by atoms with Gasteiger partial charge in [0, 0.05) is 31.9 Å². The van der Waals surface area contributed by atoms with Crippen LogP contribution in [0.1, 0.15) is 34.6 Å². The Kier molecular flexibility index (Phi) is 5.28. The Balaban J connectivity index is 1.70. The number of hydrogen-bond donors (Lipinski definition) is 1. The maximum Gasteiger partial charge on any atom is 0.272 e. The number of aromatic nitrogens is 2. The molecular weight excluding hydrogens is 318 g/mol. The third-order valence-corrected chi connectivity index (χ3v) is 4.54. The number of nitrogens with zero attached hydrogens (tertiary/aromatic N) is 3. The van der Waals surface area contributed by atoms with Crippen LogP contribution in [0.5, 0.6) is 5.75 Å². The van der Waals surface area contributed by atoms with Gasteiger partial charge in [0.2, 0.25) is 0 Å². The topological polar surface area (TPSA) is 75.6 Å². The van der Waals surface area contributed by atoms with Crippen molar-refractivity contribution in [1.29, 1.82) is 0 Å². The van der Waals surface area contributed by atoms with Crippen LogP contribution in [0.2, 0.25) is 0 Å². The van der Waals surface area contributed by atoms with Crippen LogP contribution in [0.15, 0.2) is 36.7 Å². The molecule has 0 aromatic carbocycles. The van der Waals surface area contributed by atoms with Crippen LogP contribution in [0, 0.1) is 13.8 Å². The van der Waals surface area contributed by atoms with Gasteiger partial charge in [0.15, 0.2) is 0 Å². The van der Waals surface area contributed by atoms with Crippen molar-refractivity contribution in [3.8, 4) is 5.75 Å². The molecule has 1 amide bonds. The molecule has 2 aromatic rings. The molecule has 0 unspecified atom stereocenters. The predicted molar refractivity (Wildman–Crippen MR) is 93.5 cm³/mol. The van der Waals surface area contributed by atoms with E-state index in [1.54, 1.807) is 17.3 Å². The highest BCUT2D eigenvalue weighted by atomic mass is 16.5. The Morgan fingerprint density at radius 3 is 2.64 bits per heavy atom. The van der Waals surface area contributed by atoms with Crippen molar-refractivity contribution in [2.75, 3.05) is 13.1 Å². The highest BCUT2D eigenvalue weighted by Gasteiger charge is 2.29. The summed E-state index contributed by atoms with van der Waals surface area (Å²) in [7, 11) is 0. The molecule has 0 saturated carbocycles. The SMILES string of the molecule is Cc1cccnc1C(=O)N1CC[C@H](Oc2cccnc2C)[C@@H](O)CC1. The molecule has 2 aromatic heterocycles. The molecule has 1 fully saturated rings. The third-order valence-electron chi connectivity index (χ3n) is 4.54. The number of carbonyl (C=O) groups is 1. The summed E-state index contributed by atoms with van der Waals surface area (Å²) in [6, 6.07) is 7.35. The second kappa shape index (κ2) is 7.61. The van der Waals surface area contributed by atoms with Crippen LogP contribution < -0.4 is 4.74 Å². The minimum atomic E-state index is -0.623. The van der Waals surface area contributed by atoms with Crippen molar-refractivity contribution in [2.45, 2.75) is 38.9 Å². The van der Waals surface area contributed by atoms with E-state index in [0.29, 0.717) is 37.4 Å². The number of aryl methyl sites for hydroxylation is 2. The Bertz CT molecular complexity index is 750. The van der Waals surface area contributed by atoms with E-state index >= 15 is 0 Å². The number of aliphatic hydroxyl groups is 1. The summed E-state index contributed by atoms with van der Waals surface area (Å²) in [6.45, 7) is 4.76. The van der Waals surface area contributed by atoms with Gasteiger partial charge in [-0.3, -0.25) is 14.8 Å². The molecule has 25 heavy (non-hydrogen) atoms. The number of aliphatic hydroxyl groups excluding tert-OH is 1. The number of likely N-dealkylation sites (tertiary alicyclic amines) is 1. The van der Waals surface area contributed by atoms with Gasteiger partial charge in [0.05, 0.1) is 11.8 Å². The Hall–Kier alpha value is -2.47. The van der Waals surface area contributed by atoms with Crippen LogP contribution in [0.25, 0.3) is 0 Å². The molecule has 0 bridgehead atoms. The minimum absolute atomic E-state index is 0.0940. The first kappa shape index (κ1) is 17.4. The molecule has 1 aliphatic heterocycles. The molecule has 0 aliphatic carbocycles. The van der Waals surface area contributed by atoms with Gasteiger partial charge in [-0.2, -0.15) is 0 Å². The lowest BCUT2D eigenvalue weighted by molar-refractivity contribution is 0.0343. The van der Waals surface area contributed by atoms with E-state index in [1.807, 2.05) is 38.1 Å². The summed E-state index contributed by atoms with van der Waals surface area (Å²) in [4.78, 5) is 22.9. The summed E-state index contributed by atoms with van der Waals surface area (Å²) < 4.78 is 5.97. The average Bonchev–Trinajstić information content (AvgIpc) is 2.79. The zero-order valence-corrected chi connectivity index (χ0v) is 14.6. The van der Waals surface area contributed by atoms with E-state index in [4.69, 9.17) is 4.74 Å². The first-order chi connectivity index (χ1) is 12.1. The lowest BCUT2D eigenvalue weighted by atomic mass is 10.1. The number of pyridine rings is 2. The van der Waals surface area contributed by atoms with Gasteiger partial charge < -0.3 is 14.7 Å². The number of rotatable bonds is 3. The largest absolute Gasteiger partial charge is 0.486 e. The summed E-state index contributed by atoms with van der Waals surface area (Å²) in [6.07, 6.45) is 3.40. The smallest absolute Gasteiger partial charge is 0.272 e. The standard InChI is InChI=1S/C19H23N3O3/c1-13-5-3-10-21-18(13)19(24)22-11-7-15(23)17(8-12-22)25-16-6-4-9-20-14(16)2/h3-6,9-10,15,17,23H,7-8,11-12H2,1-2H3/t15-,17-/m0/s1. The van der Waals surface area contributed by atoms with Gasteiger partial charge in [0.25, 0.3) is 5.91 Å². The Morgan fingerprint density at radius 1 is 1.16 bits per heavy atom. The molecule has 1 saturated heterocycles. The number of carbonyl (C=O) groups excluding carboxylic acids is 1. The van der Waals surface area contributed by atoms with Crippen LogP contribution in [-0.2, 0) is 0 Å². The molecule has 6 nitrogen and oxygen atoms in total. The fourth-order valence-electron chi connectivity index (χ4n) is 3.02. The van der Waals surface area contributed by atoms with Gasteiger partial charge in [-0.25, -0.2) is 0 Å². The first-order valence-corrected chi connectivity index (χ1v) is 8.53. The number of amides is 1. The molecule has 3 heterocycles. The van der Waals surface area contributed by atoms with Crippen LogP contribution in [0.4, 0.5) is 0 Å². The molecule has 1 aliphatic rings. The van der Waals surface area contributed by atoms with E-state index in [9.17, 15) is 9.90 Å². The highest BCUT2D eigenvalue weighted by molar-refractivity contribution is 5.93. The van der Waals surface area contributed by atoms with Crippen molar-refractivity contribution in [1.82, 2.24) is 14.9 Å². The summed E-state index contributed by atoms with van der Waals surface area (Å²) >= 11 is 0. The molecule has 3 rings (SSSR count). The first-order valence-electron chi connectivity index (χ1n) is 8.53. The van der Waals surface area contributed by atoms with E-state index < -0.39 is 6.10 Å². The summed E-state index contributed by atoms with van der Waals surface area (Å²) in [5, 5.41) is 10.4. The monoisotopic (exact) mass is 341 g/mol. The van der Waals surface area contributed by atoms with E-state index in [-0.39, 0.29) is 12.0 Å². The predicted octanol–water partition coefficient (Wildman–Crippen LogP) is 2.14. The average molecular weight is 341 g/mol. The Labute approximate surface area is 147 Å². The van der Waals surface area contributed by atoms with Gasteiger partial charge >= 0.3 is 0 Å². The maximum atomic E-state index is 12.7. The lowest BCUT2D eigenvalue weighted by Gasteiger charge is -2.22. The van der Waals surface area contributed by atoms with Gasteiger partial charge in [-0.05, 0) is 44.0 Å². The minimum Gasteiger partial charge on any atom is -0.486 e. The second-order valence-corrected chi connectivity index (χ2v) is 6.35. The van der Waals surface area contributed by atoms with Crippen molar-refractivity contribution < 1.29 is 14.6 Å². The van der Waals surface area contributed by atoms with Crippen LogP contribution in [-0.4, -0.2) is 51.2 Å². The lowest BCUT2D eigenvalue weighted by Crippen LogP contribution is -2.33. The fraction of sp³-hybridized carbons (Fsp3) is 0.421. The quantitative estimate of drug-likeness (QED) is 0.926. The third kappa shape index (κ3) is 3.96. The van der Waals surface area contributed by atoms with Crippen molar-refractivity contribution in [3.63, 3.8) is 0 Å². The second-order valence-electron chi connectivity index (χ2n) is 6.35. The van der Waals surface area contributed by atoms with Gasteiger partial charge in [-0.15, -0.1) is 0 Å². The van der Waals surface area contributed by atoms with E-state index in [0.717, 1.165) is 11.3 Å². The molecule has 6 heteroatoms. The number of hydrogen-bond acceptors (Lipinski definition) is 5. The van der Waals surface area contributed by atoms with Crippen molar-refractivity contribution in [2.24, 2.45) is 0 Å². The number of ether oxygens (including phenoxy) is 1. The fourth-order valence-corrected chi connectivity index (χ4v) is 3.02. The molecule has 0 radical (unpaired) electrons. The zero-order valence-electron chi connectivity index (χ0n) is 14.6. The maximum absolute atomic E-state index is 12.7. The van der Waals surface area contributed by atoms with Gasteiger partial charge in [0.1, 0.15) is 17.5 Å². The van der Waals surface area contributed by atoms with Crippen LogP contribution >= 0.6 is 0 Å². The molecule has 2 atom stereocenters. The Morgan fingerprint density at radius 2 is 1.88 bits per heavy atom. The summed E-state index contributed by atoms with van der Waals surface area (Å²) in [5.41, 5.74) is 2.12. The molecule has 132 valence electrons. The summed E-state index contributed by atoms with van der Waals surface area (Å²) in [5.74, 6) is 0.579. The van der Waals surface area contributed by atoms with Crippen LogP contribution in [0.3, 0.4) is 0 Å². The molecular formula is C19H23N3O3. The normalized spacial score (nSPS) is 20.8. The molecule has 0 spiro atoms. The van der Waals surface area contributed by atoms with Crippen molar-refractivity contribution >= 4 is 5.91 Å².